The van der Waals surface area contributed by atoms with E-state index in [-0.39, 0.29) is 18.1 Å². The molecule has 0 aromatic heterocycles. The third-order valence-electron chi connectivity index (χ3n) is 5.42. The van der Waals surface area contributed by atoms with Crippen LogP contribution in [0.1, 0.15) is 24.5 Å². The molecule has 1 amide bonds. The van der Waals surface area contributed by atoms with Crippen LogP contribution in [0.25, 0.3) is 0 Å². The van der Waals surface area contributed by atoms with Crippen LogP contribution in [0.2, 0.25) is 5.02 Å². The van der Waals surface area contributed by atoms with Crippen LogP contribution in [0.5, 0.6) is 5.75 Å². The molecule has 3 N–H and O–H groups in total. The van der Waals surface area contributed by atoms with Crippen molar-refractivity contribution in [3.8, 4) is 5.75 Å². The van der Waals surface area contributed by atoms with Crippen molar-refractivity contribution in [2.24, 2.45) is 4.99 Å². The van der Waals surface area contributed by atoms with Crippen LogP contribution in [-0.4, -0.2) is 75.7 Å². The predicted octanol–water partition coefficient (Wildman–Crippen LogP) is 3.09. The van der Waals surface area contributed by atoms with Gasteiger partial charge in [0.1, 0.15) is 36.4 Å². The van der Waals surface area contributed by atoms with E-state index in [1.165, 1.54) is 4.90 Å². The number of amides is 1. The molecule has 1 atom stereocenters. The fraction of sp³-hybridized carbons (Fsp3) is 0.346. The summed E-state index contributed by atoms with van der Waals surface area (Å²) in [7, 11) is 0. The topological polar surface area (TPSA) is 137 Å². The van der Waals surface area contributed by atoms with Gasteiger partial charge in [0.15, 0.2) is 0 Å². The van der Waals surface area contributed by atoms with Gasteiger partial charge in [0.25, 0.3) is 0 Å². The van der Waals surface area contributed by atoms with E-state index in [9.17, 15) is 9.59 Å². The number of amidine groups is 2. The number of carbonyl (C=O) groups excluding carboxylic acids is 2. The number of ether oxygens (including phenoxy) is 3. The van der Waals surface area contributed by atoms with Crippen LogP contribution in [0, 0.1) is 10.8 Å². The molecule has 37 heavy (non-hydrogen) atoms. The molecule has 0 radical (unpaired) electrons. The number of benzodiazepines with no additional fused rings is 1. The smallest absolute Gasteiger partial charge is 0.207 e. The van der Waals surface area contributed by atoms with Crippen LogP contribution >= 0.6 is 11.6 Å². The Labute approximate surface area is 220 Å². The summed E-state index contributed by atoms with van der Waals surface area (Å²) < 4.78 is 16.8. The molecular formula is C26H30ClN5O5. The van der Waals surface area contributed by atoms with Crippen LogP contribution < -0.4 is 15.0 Å². The molecule has 0 saturated heterocycles. The van der Waals surface area contributed by atoms with Gasteiger partial charge in [-0.15, -0.1) is 0 Å². The summed E-state index contributed by atoms with van der Waals surface area (Å²) in [5.74, 6) is 0.764. The lowest BCUT2D eigenvalue weighted by molar-refractivity contribution is -0.110. The van der Waals surface area contributed by atoms with Gasteiger partial charge in [-0.2, -0.15) is 0 Å². The van der Waals surface area contributed by atoms with E-state index in [0.717, 1.165) is 11.8 Å². The first kappa shape index (κ1) is 28.0. The molecule has 10 nitrogen and oxygen atoms in total. The summed E-state index contributed by atoms with van der Waals surface area (Å²) >= 11 is 6.09. The number of aliphatic imine (C=N–C) groups is 1. The Kier molecular flexibility index (Phi) is 10.8. The summed E-state index contributed by atoms with van der Waals surface area (Å²) in [6, 6.07) is 11.8. The van der Waals surface area contributed by atoms with Gasteiger partial charge in [-0.3, -0.25) is 25.5 Å². The predicted molar refractivity (Wildman–Crippen MR) is 143 cm³/mol. The van der Waals surface area contributed by atoms with Crippen LogP contribution in [0.3, 0.4) is 0 Å². The highest BCUT2D eigenvalue weighted by molar-refractivity contribution is 6.31. The van der Waals surface area contributed by atoms with E-state index in [0.29, 0.717) is 73.7 Å². The van der Waals surface area contributed by atoms with Gasteiger partial charge < -0.3 is 24.3 Å². The molecule has 0 aliphatic carbocycles. The quantitative estimate of drug-likeness (QED) is 0.149. The molecule has 3 rings (SSSR count). The van der Waals surface area contributed by atoms with Crippen LogP contribution in [0.15, 0.2) is 47.5 Å². The Hall–Kier alpha value is -3.60. The van der Waals surface area contributed by atoms with Gasteiger partial charge >= 0.3 is 0 Å². The molecule has 2 aromatic rings. The molecule has 11 heteroatoms. The highest BCUT2D eigenvalue weighted by Crippen LogP contribution is 2.33. The van der Waals surface area contributed by atoms with Crippen molar-refractivity contribution in [1.29, 1.82) is 10.8 Å². The summed E-state index contributed by atoms with van der Waals surface area (Å²) in [6.07, 6.45) is 1.38. The summed E-state index contributed by atoms with van der Waals surface area (Å²) in [4.78, 5) is 27.8. The normalized spacial score (nSPS) is 14.9. The Morgan fingerprint density at radius 3 is 2.46 bits per heavy atom. The number of benzene rings is 2. The summed E-state index contributed by atoms with van der Waals surface area (Å²) in [5.41, 5.74) is 2.62. The van der Waals surface area contributed by atoms with E-state index in [1.54, 1.807) is 31.2 Å². The number of nitrogens with zero attached hydrogens (tertiary/aromatic N) is 2. The Bertz CT molecular complexity index is 1140. The lowest BCUT2D eigenvalue weighted by atomic mass is 9.99. The second-order valence-electron chi connectivity index (χ2n) is 8.03. The number of anilines is 1. The second-order valence-corrected chi connectivity index (χ2v) is 8.47. The maximum atomic E-state index is 11.4. The van der Waals surface area contributed by atoms with Crippen molar-refractivity contribution in [2.75, 3.05) is 44.5 Å². The Balaban J connectivity index is 1.78. The molecule has 2 aromatic carbocycles. The van der Waals surface area contributed by atoms with Crippen molar-refractivity contribution in [3.05, 3.63) is 58.6 Å². The van der Waals surface area contributed by atoms with E-state index in [4.69, 9.17) is 41.6 Å². The SMILES string of the molecule is CC(=N)N1C(=N)[C@H](CC=O)N=C(c2ccc(Cl)cc2)c2cc(OCCOCCOCCNC=O)ccc21. The van der Waals surface area contributed by atoms with Gasteiger partial charge in [-0.1, -0.05) is 23.7 Å². The average Bonchev–Trinajstić information content (AvgIpc) is 3.00. The number of hydrogen-bond donors (Lipinski definition) is 3. The monoisotopic (exact) mass is 527 g/mol. The molecule has 0 spiro atoms. The largest absolute Gasteiger partial charge is 0.491 e. The standard InChI is InChI=1S/C26H30ClN5O5/c1-18(28)32-24-7-6-21(37-15-14-36-13-12-35-11-9-30-17-34)16-22(24)25(19-2-4-20(27)5-3-19)31-23(8-10-33)26(32)29/h2-7,10,16-17,23,28-29H,8-9,11-15H2,1H3,(H,30,34)/t23-/m0/s1. The van der Waals surface area contributed by atoms with Crippen molar-refractivity contribution in [2.45, 2.75) is 19.4 Å². The number of nitrogens with one attached hydrogen (secondary N) is 3. The first-order chi connectivity index (χ1) is 18.0. The molecule has 1 aliphatic heterocycles. The van der Waals surface area contributed by atoms with Crippen molar-refractivity contribution in [1.82, 2.24) is 5.32 Å². The van der Waals surface area contributed by atoms with E-state index in [2.05, 4.69) is 5.32 Å². The fourth-order valence-corrected chi connectivity index (χ4v) is 3.87. The lowest BCUT2D eigenvalue weighted by Gasteiger charge is -2.26. The minimum Gasteiger partial charge on any atom is -0.491 e. The number of fused-ring (bicyclic) bond motifs is 1. The van der Waals surface area contributed by atoms with E-state index >= 15 is 0 Å². The van der Waals surface area contributed by atoms with Crippen LogP contribution in [-0.2, 0) is 19.1 Å². The van der Waals surface area contributed by atoms with Gasteiger partial charge in [0, 0.05) is 29.1 Å². The highest BCUT2D eigenvalue weighted by atomic mass is 35.5. The van der Waals surface area contributed by atoms with E-state index < -0.39 is 6.04 Å². The highest BCUT2D eigenvalue weighted by Gasteiger charge is 2.30. The molecule has 0 saturated carbocycles. The number of halogens is 1. The number of hydrogen-bond acceptors (Lipinski definition) is 8. The zero-order valence-electron chi connectivity index (χ0n) is 20.5. The molecule has 0 fully saturated rings. The van der Waals surface area contributed by atoms with Crippen molar-refractivity contribution < 1.29 is 23.8 Å². The van der Waals surface area contributed by atoms with Crippen molar-refractivity contribution in [3.63, 3.8) is 0 Å². The molecule has 0 unspecified atom stereocenters. The third kappa shape index (κ3) is 7.69. The number of aldehydes is 1. The number of rotatable bonds is 14. The zero-order chi connectivity index (χ0) is 26.6. The first-order valence-corrected chi connectivity index (χ1v) is 12.1. The third-order valence-corrected chi connectivity index (χ3v) is 5.67. The van der Waals surface area contributed by atoms with Gasteiger partial charge in [-0.25, -0.2) is 0 Å². The summed E-state index contributed by atoms with van der Waals surface area (Å²) in [6.45, 7) is 3.93. The second kappa shape index (κ2) is 14.2. The average molecular weight is 528 g/mol. The maximum absolute atomic E-state index is 11.4. The van der Waals surface area contributed by atoms with Gasteiger partial charge in [-0.05, 0) is 37.3 Å². The molecule has 1 aliphatic rings. The molecule has 196 valence electrons. The minimum absolute atomic E-state index is 0.0195. The zero-order valence-corrected chi connectivity index (χ0v) is 21.3. The Morgan fingerprint density at radius 2 is 1.78 bits per heavy atom. The van der Waals surface area contributed by atoms with Gasteiger partial charge in [0.05, 0.1) is 37.8 Å². The fourth-order valence-electron chi connectivity index (χ4n) is 3.74. The maximum Gasteiger partial charge on any atom is 0.207 e. The first-order valence-electron chi connectivity index (χ1n) is 11.8. The van der Waals surface area contributed by atoms with Crippen LogP contribution in [0.4, 0.5) is 5.69 Å². The summed E-state index contributed by atoms with van der Waals surface area (Å²) in [5, 5.41) is 20.1. The van der Waals surface area contributed by atoms with E-state index in [1.807, 2.05) is 18.2 Å². The Morgan fingerprint density at radius 1 is 1.08 bits per heavy atom. The minimum atomic E-state index is -0.745. The van der Waals surface area contributed by atoms with Crippen molar-refractivity contribution >= 4 is 47.4 Å². The molecular weight excluding hydrogens is 498 g/mol. The number of carbonyl (C=O) groups is 2. The van der Waals surface area contributed by atoms with Gasteiger partial charge in [0.2, 0.25) is 6.41 Å². The lowest BCUT2D eigenvalue weighted by Crippen LogP contribution is -2.40. The molecule has 1 heterocycles. The molecule has 0 bridgehead atoms.